The van der Waals surface area contributed by atoms with Crippen LogP contribution in [0.2, 0.25) is 0 Å². The van der Waals surface area contributed by atoms with Crippen LogP contribution in [0.15, 0.2) is 18.2 Å². The van der Waals surface area contributed by atoms with Gasteiger partial charge in [-0.15, -0.1) is 0 Å². The lowest BCUT2D eigenvalue weighted by atomic mass is 10.1. The number of likely N-dealkylation sites (tertiary alicyclic amines) is 1. The Bertz CT molecular complexity index is 413. The van der Waals surface area contributed by atoms with Crippen molar-refractivity contribution in [3.05, 3.63) is 23.8 Å². The van der Waals surface area contributed by atoms with Gasteiger partial charge in [0, 0.05) is 12.1 Å². The van der Waals surface area contributed by atoms with Gasteiger partial charge in [-0.05, 0) is 50.9 Å². The fourth-order valence-electron chi connectivity index (χ4n) is 2.96. The summed E-state index contributed by atoms with van der Waals surface area (Å²) in [6, 6.07) is 6.15. The van der Waals surface area contributed by atoms with Crippen molar-refractivity contribution in [2.24, 2.45) is 0 Å². The van der Waals surface area contributed by atoms with Gasteiger partial charge in [0.25, 0.3) is 0 Å². The second-order valence-electron chi connectivity index (χ2n) is 5.44. The van der Waals surface area contributed by atoms with E-state index in [4.69, 9.17) is 9.47 Å². The van der Waals surface area contributed by atoms with E-state index in [9.17, 15) is 0 Å². The Balaban J connectivity index is 1.54. The molecule has 0 aromatic heterocycles. The number of ether oxygens (including phenoxy) is 2. The molecule has 1 aromatic rings. The lowest BCUT2D eigenvalue weighted by molar-refractivity contribution is 0.181. The molecule has 0 amide bonds. The van der Waals surface area contributed by atoms with Crippen molar-refractivity contribution in [3.8, 4) is 11.5 Å². The van der Waals surface area contributed by atoms with Crippen LogP contribution >= 0.6 is 0 Å². The summed E-state index contributed by atoms with van der Waals surface area (Å²) >= 11 is 0. The zero-order valence-corrected chi connectivity index (χ0v) is 11.6. The topological polar surface area (TPSA) is 21.7 Å². The fourth-order valence-corrected chi connectivity index (χ4v) is 2.96. The smallest absolute Gasteiger partial charge is 0.126 e. The first kappa shape index (κ1) is 12.8. The van der Waals surface area contributed by atoms with Gasteiger partial charge >= 0.3 is 0 Å². The maximum Gasteiger partial charge on any atom is 0.126 e. The molecule has 0 spiro atoms. The molecule has 19 heavy (non-hydrogen) atoms. The molecule has 2 aliphatic rings. The highest BCUT2D eigenvalue weighted by atomic mass is 16.5. The van der Waals surface area contributed by atoms with Gasteiger partial charge in [-0.25, -0.2) is 0 Å². The molecule has 0 radical (unpaired) electrons. The Hall–Kier alpha value is -1.22. The Morgan fingerprint density at radius 1 is 1.11 bits per heavy atom. The molecule has 1 saturated heterocycles. The van der Waals surface area contributed by atoms with E-state index in [0.717, 1.165) is 44.1 Å². The molecule has 0 unspecified atom stereocenters. The number of piperidine rings is 1. The van der Waals surface area contributed by atoms with Gasteiger partial charge in [-0.2, -0.15) is 0 Å². The molecule has 0 bridgehead atoms. The van der Waals surface area contributed by atoms with Crippen LogP contribution in [-0.2, 0) is 6.42 Å². The van der Waals surface area contributed by atoms with Crippen LogP contribution < -0.4 is 9.47 Å². The molecule has 0 atom stereocenters. The van der Waals surface area contributed by atoms with Gasteiger partial charge in [0.05, 0.1) is 6.61 Å². The van der Waals surface area contributed by atoms with E-state index in [2.05, 4.69) is 11.0 Å². The summed E-state index contributed by atoms with van der Waals surface area (Å²) in [5.41, 5.74) is 1.26. The first-order valence-corrected chi connectivity index (χ1v) is 7.53. The van der Waals surface area contributed by atoms with Crippen LogP contribution in [0.4, 0.5) is 0 Å². The number of fused-ring (bicyclic) bond motifs is 1. The van der Waals surface area contributed by atoms with E-state index < -0.39 is 0 Å². The Morgan fingerprint density at radius 3 is 2.89 bits per heavy atom. The first-order chi connectivity index (χ1) is 9.43. The molecule has 0 N–H and O–H groups in total. The van der Waals surface area contributed by atoms with Crippen LogP contribution in [0.1, 0.15) is 31.2 Å². The van der Waals surface area contributed by atoms with E-state index in [1.54, 1.807) is 0 Å². The minimum absolute atomic E-state index is 0.788. The van der Waals surface area contributed by atoms with Gasteiger partial charge in [0.1, 0.15) is 18.1 Å². The third-order valence-corrected chi connectivity index (χ3v) is 4.03. The molecule has 1 aromatic carbocycles. The van der Waals surface area contributed by atoms with Crippen LogP contribution in [0.25, 0.3) is 0 Å². The molecule has 0 aliphatic carbocycles. The second-order valence-corrected chi connectivity index (χ2v) is 5.44. The Labute approximate surface area is 115 Å². The van der Waals surface area contributed by atoms with Crippen LogP contribution in [0.5, 0.6) is 11.5 Å². The number of hydrogen-bond donors (Lipinski definition) is 0. The summed E-state index contributed by atoms with van der Waals surface area (Å²) in [6.07, 6.45) is 6.25. The summed E-state index contributed by atoms with van der Waals surface area (Å²) in [5, 5.41) is 0. The highest BCUT2D eigenvalue weighted by molar-refractivity contribution is 5.45. The lowest BCUT2D eigenvalue weighted by Gasteiger charge is -2.26. The predicted octanol–water partition coefficient (Wildman–Crippen LogP) is 2.88. The highest BCUT2D eigenvalue weighted by Crippen LogP contribution is 2.32. The minimum atomic E-state index is 0.788. The average Bonchev–Trinajstić information content (AvgIpc) is 2.49. The van der Waals surface area contributed by atoms with Gasteiger partial charge in [-0.3, -0.25) is 4.90 Å². The molecule has 3 rings (SSSR count). The van der Waals surface area contributed by atoms with Crippen molar-refractivity contribution in [1.29, 1.82) is 0 Å². The normalized spacial score (nSPS) is 19.6. The van der Waals surface area contributed by atoms with Gasteiger partial charge in [0.15, 0.2) is 0 Å². The van der Waals surface area contributed by atoms with E-state index in [1.807, 2.05) is 12.1 Å². The SMILES string of the molecule is c1cc2c(c(OCCN3CCCCC3)c1)CCCO2. The van der Waals surface area contributed by atoms with E-state index in [0.29, 0.717) is 0 Å². The van der Waals surface area contributed by atoms with Crippen molar-refractivity contribution >= 4 is 0 Å². The molecule has 0 saturated carbocycles. The molecule has 104 valence electrons. The standard InChI is InChI=1S/C16H23NO2/c1-2-9-17(10-3-1)11-13-19-16-8-4-7-15-14(16)6-5-12-18-15/h4,7-8H,1-3,5-6,9-13H2. The predicted molar refractivity (Wildman–Crippen MR) is 76.0 cm³/mol. The van der Waals surface area contributed by atoms with Crippen LogP contribution in [0.3, 0.4) is 0 Å². The highest BCUT2D eigenvalue weighted by Gasteiger charge is 2.15. The van der Waals surface area contributed by atoms with Gasteiger partial charge in [0.2, 0.25) is 0 Å². The summed E-state index contributed by atoms with van der Waals surface area (Å²) in [4.78, 5) is 2.51. The average molecular weight is 261 g/mol. The van der Waals surface area contributed by atoms with Crippen molar-refractivity contribution in [3.63, 3.8) is 0 Å². The molecule has 3 heteroatoms. The zero-order valence-electron chi connectivity index (χ0n) is 11.6. The number of nitrogens with zero attached hydrogens (tertiary/aromatic N) is 1. The van der Waals surface area contributed by atoms with Gasteiger partial charge < -0.3 is 9.47 Å². The van der Waals surface area contributed by atoms with E-state index in [-0.39, 0.29) is 0 Å². The van der Waals surface area contributed by atoms with E-state index >= 15 is 0 Å². The third-order valence-electron chi connectivity index (χ3n) is 4.03. The molecule has 2 heterocycles. The van der Waals surface area contributed by atoms with Crippen LogP contribution in [-0.4, -0.2) is 37.7 Å². The maximum absolute atomic E-state index is 5.99. The summed E-state index contributed by atoms with van der Waals surface area (Å²) in [5.74, 6) is 2.04. The monoisotopic (exact) mass is 261 g/mol. The zero-order chi connectivity index (χ0) is 12.9. The molecule has 2 aliphatic heterocycles. The molecule has 3 nitrogen and oxygen atoms in total. The van der Waals surface area contributed by atoms with Crippen LogP contribution in [0, 0.1) is 0 Å². The number of hydrogen-bond acceptors (Lipinski definition) is 3. The summed E-state index contributed by atoms with van der Waals surface area (Å²) in [7, 11) is 0. The number of rotatable bonds is 4. The Kier molecular flexibility index (Phi) is 4.23. The lowest BCUT2D eigenvalue weighted by Crippen LogP contribution is -2.33. The first-order valence-electron chi connectivity index (χ1n) is 7.53. The molecular weight excluding hydrogens is 238 g/mol. The van der Waals surface area contributed by atoms with Crippen molar-refractivity contribution in [1.82, 2.24) is 4.90 Å². The number of benzene rings is 1. The maximum atomic E-state index is 5.99. The largest absolute Gasteiger partial charge is 0.493 e. The van der Waals surface area contributed by atoms with Crippen molar-refractivity contribution < 1.29 is 9.47 Å². The quantitative estimate of drug-likeness (QED) is 0.832. The minimum Gasteiger partial charge on any atom is -0.493 e. The molecule has 1 fully saturated rings. The third kappa shape index (κ3) is 3.21. The summed E-state index contributed by atoms with van der Waals surface area (Å²) < 4.78 is 11.7. The molecular formula is C16H23NO2. The van der Waals surface area contributed by atoms with E-state index in [1.165, 1.54) is 37.9 Å². The summed E-state index contributed by atoms with van der Waals surface area (Å²) in [6.45, 7) is 5.14. The van der Waals surface area contributed by atoms with Crippen molar-refractivity contribution in [2.75, 3.05) is 32.8 Å². The fraction of sp³-hybridized carbons (Fsp3) is 0.625. The Morgan fingerprint density at radius 2 is 2.00 bits per heavy atom. The second kappa shape index (κ2) is 6.29. The van der Waals surface area contributed by atoms with Crippen molar-refractivity contribution in [2.45, 2.75) is 32.1 Å². The van der Waals surface area contributed by atoms with Gasteiger partial charge in [-0.1, -0.05) is 12.5 Å².